The summed E-state index contributed by atoms with van der Waals surface area (Å²) in [5.41, 5.74) is 3.03. The molecule has 1 unspecified atom stereocenters. The Labute approximate surface area is 144 Å². The van der Waals surface area contributed by atoms with E-state index in [0.717, 1.165) is 28.3 Å². The lowest BCUT2D eigenvalue weighted by atomic mass is 9.99. The Kier molecular flexibility index (Phi) is 5.15. The predicted molar refractivity (Wildman–Crippen MR) is 92.2 cm³/mol. The van der Waals surface area contributed by atoms with Crippen molar-refractivity contribution in [2.75, 3.05) is 6.54 Å². The maximum Gasteiger partial charge on any atom is 0.220 e. The quantitative estimate of drug-likeness (QED) is 0.707. The van der Waals surface area contributed by atoms with Crippen molar-refractivity contribution < 1.29 is 13.7 Å². The van der Waals surface area contributed by atoms with Crippen molar-refractivity contribution in [3.05, 3.63) is 63.6 Å². The second-order valence-electron chi connectivity index (χ2n) is 5.73. The molecule has 5 nitrogen and oxygen atoms in total. The molecule has 3 heterocycles. The average molecular weight is 344 g/mol. The van der Waals surface area contributed by atoms with Gasteiger partial charge in [0.1, 0.15) is 11.5 Å². The third kappa shape index (κ3) is 3.76. The second-order valence-corrected chi connectivity index (χ2v) is 6.51. The van der Waals surface area contributed by atoms with Crippen LogP contribution in [0.5, 0.6) is 0 Å². The number of thiophene rings is 1. The van der Waals surface area contributed by atoms with E-state index in [-0.39, 0.29) is 11.8 Å². The molecule has 0 aromatic carbocycles. The van der Waals surface area contributed by atoms with Crippen molar-refractivity contribution in [1.29, 1.82) is 0 Å². The molecule has 3 aromatic heterocycles. The Morgan fingerprint density at radius 2 is 2.25 bits per heavy atom. The van der Waals surface area contributed by atoms with Crippen LogP contribution < -0.4 is 5.32 Å². The van der Waals surface area contributed by atoms with Crippen LogP contribution in [-0.4, -0.2) is 17.6 Å². The van der Waals surface area contributed by atoms with Gasteiger partial charge in [0.2, 0.25) is 5.91 Å². The first-order valence-electron chi connectivity index (χ1n) is 7.89. The molecule has 24 heavy (non-hydrogen) atoms. The number of rotatable bonds is 7. The molecule has 0 radical (unpaired) electrons. The number of hydrogen-bond donors (Lipinski definition) is 1. The largest absolute Gasteiger partial charge is 0.469 e. The predicted octanol–water partition coefficient (Wildman–Crippen LogP) is 3.83. The van der Waals surface area contributed by atoms with Crippen LogP contribution in [-0.2, 0) is 11.2 Å². The van der Waals surface area contributed by atoms with Gasteiger partial charge in [-0.25, -0.2) is 0 Å². The average Bonchev–Trinajstić information content (AvgIpc) is 3.31. The topological polar surface area (TPSA) is 68.3 Å². The molecule has 0 aliphatic heterocycles. The molecule has 6 heteroatoms. The molecule has 1 amide bonds. The third-order valence-corrected chi connectivity index (χ3v) is 4.82. The van der Waals surface area contributed by atoms with E-state index in [1.54, 1.807) is 17.6 Å². The molecule has 3 aromatic rings. The van der Waals surface area contributed by atoms with Gasteiger partial charge >= 0.3 is 0 Å². The number of hydrogen-bond acceptors (Lipinski definition) is 5. The highest BCUT2D eigenvalue weighted by molar-refractivity contribution is 7.08. The number of aryl methyl sites for hydroxylation is 2. The number of nitrogens with one attached hydrogen (secondary N) is 1. The number of nitrogens with zero attached hydrogens (tertiary/aromatic N) is 1. The van der Waals surface area contributed by atoms with Gasteiger partial charge in [-0.05, 0) is 54.8 Å². The van der Waals surface area contributed by atoms with Crippen molar-refractivity contribution >= 4 is 17.2 Å². The van der Waals surface area contributed by atoms with Gasteiger partial charge in [-0.2, -0.15) is 11.3 Å². The van der Waals surface area contributed by atoms with E-state index in [1.807, 2.05) is 31.4 Å². The molecule has 1 atom stereocenters. The highest BCUT2D eigenvalue weighted by Gasteiger charge is 2.19. The van der Waals surface area contributed by atoms with E-state index in [4.69, 9.17) is 8.94 Å². The van der Waals surface area contributed by atoms with Crippen LogP contribution in [0.25, 0.3) is 0 Å². The van der Waals surface area contributed by atoms with Crippen LogP contribution >= 0.6 is 11.3 Å². The lowest BCUT2D eigenvalue weighted by Crippen LogP contribution is -2.28. The molecule has 0 aliphatic rings. The number of carbonyl (C=O) groups is 1. The SMILES string of the molecule is Cc1noc(C)c1CCC(=O)NCC(c1ccsc1)c1ccco1. The standard InChI is InChI=1S/C18H20N2O3S/c1-12-15(13(2)23-20-12)5-6-18(21)19-10-16(14-7-9-24-11-14)17-4-3-8-22-17/h3-4,7-9,11,16H,5-6,10H2,1-2H3,(H,19,21). The van der Waals surface area contributed by atoms with E-state index >= 15 is 0 Å². The van der Waals surface area contributed by atoms with Gasteiger partial charge in [-0.15, -0.1) is 0 Å². The third-order valence-electron chi connectivity index (χ3n) is 4.12. The summed E-state index contributed by atoms with van der Waals surface area (Å²) in [6.07, 6.45) is 2.71. The second kappa shape index (κ2) is 7.49. The zero-order chi connectivity index (χ0) is 16.9. The first-order chi connectivity index (χ1) is 11.6. The van der Waals surface area contributed by atoms with Crippen molar-refractivity contribution in [3.63, 3.8) is 0 Å². The van der Waals surface area contributed by atoms with Crippen LogP contribution in [0.1, 0.15) is 40.7 Å². The molecular formula is C18H20N2O3S. The van der Waals surface area contributed by atoms with Crippen LogP contribution in [0.2, 0.25) is 0 Å². The monoisotopic (exact) mass is 344 g/mol. The van der Waals surface area contributed by atoms with Gasteiger partial charge < -0.3 is 14.3 Å². The van der Waals surface area contributed by atoms with E-state index < -0.39 is 0 Å². The number of aromatic nitrogens is 1. The van der Waals surface area contributed by atoms with Gasteiger partial charge in [0, 0.05) is 18.5 Å². The lowest BCUT2D eigenvalue weighted by Gasteiger charge is -2.14. The Morgan fingerprint density at radius 1 is 1.38 bits per heavy atom. The summed E-state index contributed by atoms with van der Waals surface area (Å²) < 4.78 is 10.7. The normalized spacial score (nSPS) is 12.2. The van der Waals surface area contributed by atoms with Crippen LogP contribution in [0.3, 0.4) is 0 Å². The Bertz CT molecular complexity index is 722. The molecular weight excluding hydrogens is 324 g/mol. The summed E-state index contributed by atoms with van der Waals surface area (Å²) >= 11 is 1.64. The summed E-state index contributed by atoms with van der Waals surface area (Å²) in [4.78, 5) is 12.2. The maximum atomic E-state index is 12.2. The molecule has 126 valence electrons. The minimum Gasteiger partial charge on any atom is -0.469 e. The fraction of sp³-hybridized carbons (Fsp3) is 0.333. The summed E-state index contributed by atoms with van der Waals surface area (Å²) in [5, 5.41) is 11.1. The van der Waals surface area contributed by atoms with Crippen LogP contribution in [0.15, 0.2) is 44.2 Å². The fourth-order valence-electron chi connectivity index (χ4n) is 2.75. The van der Waals surface area contributed by atoms with E-state index in [9.17, 15) is 4.79 Å². The number of furan rings is 1. The molecule has 0 bridgehead atoms. The number of amides is 1. The van der Waals surface area contributed by atoms with Crippen molar-refractivity contribution in [3.8, 4) is 0 Å². The summed E-state index contributed by atoms with van der Waals surface area (Å²) in [7, 11) is 0. The number of carbonyl (C=O) groups excluding carboxylic acids is 1. The van der Waals surface area contributed by atoms with Gasteiger partial charge in [0.25, 0.3) is 0 Å². The molecule has 1 N–H and O–H groups in total. The first kappa shape index (κ1) is 16.5. The smallest absolute Gasteiger partial charge is 0.220 e. The lowest BCUT2D eigenvalue weighted by molar-refractivity contribution is -0.121. The van der Waals surface area contributed by atoms with Crippen molar-refractivity contribution in [1.82, 2.24) is 10.5 Å². The molecule has 0 saturated carbocycles. The minimum absolute atomic E-state index is 0.0155. The maximum absolute atomic E-state index is 12.2. The summed E-state index contributed by atoms with van der Waals surface area (Å²) in [5.74, 6) is 1.70. The van der Waals surface area contributed by atoms with Crippen LogP contribution in [0, 0.1) is 13.8 Å². The van der Waals surface area contributed by atoms with E-state index in [2.05, 4.69) is 21.9 Å². The molecule has 0 saturated heterocycles. The van der Waals surface area contributed by atoms with Crippen molar-refractivity contribution in [2.24, 2.45) is 0 Å². The molecule has 0 spiro atoms. The minimum atomic E-state index is 0.0155. The molecule has 3 rings (SSSR count). The molecule has 0 aliphatic carbocycles. The zero-order valence-corrected chi connectivity index (χ0v) is 14.6. The van der Waals surface area contributed by atoms with Gasteiger partial charge in [0.15, 0.2) is 0 Å². The summed E-state index contributed by atoms with van der Waals surface area (Å²) in [6.45, 7) is 4.29. The highest BCUT2D eigenvalue weighted by atomic mass is 32.1. The van der Waals surface area contributed by atoms with Gasteiger partial charge in [0.05, 0.1) is 17.9 Å². The van der Waals surface area contributed by atoms with Crippen LogP contribution in [0.4, 0.5) is 0 Å². The Balaban J connectivity index is 1.58. The van der Waals surface area contributed by atoms with Gasteiger partial charge in [-0.3, -0.25) is 4.79 Å². The first-order valence-corrected chi connectivity index (χ1v) is 8.83. The fourth-order valence-corrected chi connectivity index (χ4v) is 3.46. The van der Waals surface area contributed by atoms with E-state index in [0.29, 0.717) is 19.4 Å². The summed E-state index contributed by atoms with van der Waals surface area (Å²) in [6, 6.07) is 5.88. The molecule has 0 fully saturated rings. The van der Waals surface area contributed by atoms with Crippen molar-refractivity contribution in [2.45, 2.75) is 32.6 Å². The van der Waals surface area contributed by atoms with E-state index in [1.165, 1.54) is 0 Å². The Hall–Kier alpha value is -2.34. The van der Waals surface area contributed by atoms with Gasteiger partial charge in [-0.1, -0.05) is 5.16 Å². The zero-order valence-electron chi connectivity index (χ0n) is 13.7. The highest BCUT2D eigenvalue weighted by Crippen LogP contribution is 2.26. The Morgan fingerprint density at radius 3 is 2.88 bits per heavy atom.